The van der Waals surface area contributed by atoms with Crippen molar-refractivity contribution in [2.75, 3.05) is 12.8 Å². The number of hydrogen-bond donors (Lipinski definition) is 1. The summed E-state index contributed by atoms with van der Waals surface area (Å²) in [5, 5.41) is 0. The summed E-state index contributed by atoms with van der Waals surface area (Å²) in [5.41, 5.74) is 10.0. The molecule has 0 fully saturated rings. The van der Waals surface area contributed by atoms with Crippen LogP contribution in [0.1, 0.15) is 5.56 Å². The van der Waals surface area contributed by atoms with E-state index in [0.717, 1.165) is 33.7 Å². The van der Waals surface area contributed by atoms with Crippen LogP contribution >= 0.6 is 0 Å². The molecule has 0 aliphatic heterocycles. The Morgan fingerprint density at radius 2 is 2.00 bits per heavy atom. The van der Waals surface area contributed by atoms with Crippen molar-refractivity contribution in [1.29, 1.82) is 0 Å². The molecule has 4 nitrogen and oxygen atoms in total. The number of anilines is 1. The van der Waals surface area contributed by atoms with E-state index in [9.17, 15) is 0 Å². The van der Waals surface area contributed by atoms with Gasteiger partial charge in [-0.2, -0.15) is 0 Å². The number of methoxy groups -OCH3 is 1. The second-order valence-electron chi connectivity index (χ2n) is 4.42. The highest BCUT2D eigenvalue weighted by Crippen LogP contribution is 2.28. The third kappa shape index (κ3) is 2.01. The molecule has 2 aromatic carbocycles. The molecule has 4 heteroatoms. The molecule has 1 aromatic heterocycles. The fourth-order valence-electron chi connectivity index (χ4n) is 1.97. The van der Waals surface area contributed by atoms with E-state index in [1.165, 1.54) is 0 Å². The Kier molecular flexibility index (Phi) is 2.63. The lowest BCUT2D eigenvalue weighted by Gasteiger charge is -2.00. The van der Waals surface area contributed by atoms with Gasteiger partial charge in [0.2, 0.25) is 5.89 Å². The first-order valence-electron chi connectivity index (χ1n) is 5.98. The molecule has 0 saturated heterocycles. The molecular formula is C15H14N2O2. The molecule has 0 radical (unpaired) electrons. The number of nitrogen functional groups attached to an aromatic ring is 1. The minimum Gasteiger partial charge on any atom is -0.497 e. The van der Waals surface area contributed by atoms with Crippen LogP contribution in [0.25, 0.3) is 22.6 Å². The second kappa shape index (κ2) is 4.31. The standard InChI is InChI=1S/C15H14N2O2/c1-9-7-10(3-5-12(9)16)15-17-13-8-11(18-2)4-6-14(13)19-15/h3-8H,16H2,1-2H3. The van der Waals surface area contributed by atoms with Crippen molar-refractivity contribution >= 4 is 16.8 Å². The number of aryl methyl sites for hydroxylation is 1. The van der Waals surface area contributed by atoms with Gasteiger partial charge in [-0.15, -0.1) is 0 Å². The van der Waals surface area contributed by atoms with Gasteiger partial charge in [0.1, 0.15) is 11.3 Å². The Hall–Kier alpha value is -2.49. The number of nitrogens with two attached hydrogens (primary N) is 1. The van der Waals surface area contributed by atoms with Crippen LogP contribution in [-0.2, 0) is 0 Å². The zero-order chi connectivity index (χ0) is 13.4. The zero-order valence-corrected chi connectivity index (χ0v) is 10.8. The molecular weight excluding hydrogens is 240 g/mol. The van der Waals surface area contributed by atoms with Crippen LogP contribution in [0.2, 0.25) is 0 Å². The summed E-state index contributed by atoms with van der Waals surface area (Å²) < 4.78 is 10.9. The number of ether oxygens (including phenoxy) is 1. The van der Waals surface area contributed by atoms with Gasteiger partial charge in [-0.1, -0.05) is 0 Å². The van der Waals surface area contributed by atoms with Crippen LogP contribution in [0.4, 0.5) is 5.69 Å². The minimum atomic E-state index is 0.589. The van der Waals surface area contributed by atoms with E-state index in [-0.39, 0.29) is 0 Å². The SMILES string of the molecule is COc1ccc2oc(-c3ccc(N)c(C)c3)nc2c1. The lowest BCUT2D eigenvalue weighted by molar-refractivity contribution is 0.415. The average Bonchev–Trinajstić information content (AvgIpc) is 2.84. The molecule has 0 bridgehead atoms. The summed E-state index contributed by atoms with van der Waals surface area (Å²) in [5.74, 6) is 1.35. The number of oxazole rings is 1. The van der Waals surface area contributed by atoms with Gasteiger partial charge in [0.05, 0.1) is 7.11 Å². The molecule has 2 N–H and O–H groups in total. The molecule has 0 amide bonds. The van der Waals surface area contributed by atoms with Gasteiger partial charge >= 0.3 is 0 Å². The quantitative estimate of drug-likeness (QED) is 0.712. The molecule has 0 aliphatic carbocycles. The fraction of sp³-hybridized carbons (Fsp3) is 0.133. The van der Waals surface area contributed by atoms with Gasteiger partial charge in [-0.25, -0.2) is 4.98 Å². The monoisotopic (exact) mass is 254 g/mol. The Morgan fingerprint density at radius 1 is 1.16 bits per heavy atom. The minimum absolute atomic E-state index is 0.589. The molecule has 0 spiro atoms. The number of hydrogen-bond acceptors (Lipinski definition) is 4. The normalized spacial score (nSPS) is 10.8. The van der Waals surface area contributed by atoms with Gasteiger partial charge in [0.15, 0.2) is 5.58 Å². The fourth-order valence-corrected chi connectivity index (χ4v) is 1.97. The zero-order valence-electron chi connectivity index (χ0n) is 10.8. The smallest absolute Gasteiger partial charge is 0.227 e. The number of fused-ring (bicyclic) bond motifs is 1. The summed E-state index contributed by atoms with van der Waals surface area (Å²) in [6.07, 6.45) is 0. The average molecular weight is 254 g/mol. The van der Waals surface area contributed by atoms with Gasteiger partial charge in [0, 0.05) is 17.3 Å². The van der Waals surface area contributed by atoms with E-state index in [0.29, 0.717) is 5.89 Å². The molecule has 0 atom stereocenters. The summed E-state index contributed by atoms with van der Waals surface area (Å²) in [6, 6.07) is 11.3. The Labute approximate surface area is 110 Å². The summed E-state index contributed by atoms with van der Waals surface area (Å²) in [4.78, 5) is 4.47. The molecule has 0 saturated carbocycles. The maximum absolute atomic E-state index is 5.81. The third-order valence-corrected chi connectivity index (χ3v) is 3.11. The van der Waals surface area contributed by atoms with Crippen LogP contribution in [0.15, 0.2) is 40.8 Å². The van der Waals surface area contributed by atoms with E-state index in [1.807, 2.05) is 43.3 Å². The molecule has 3 rings (SSSR count). The Bertz CT molecular complexity index is 747. The van der Waals surface area contributed by atoms with Crippen molar-refractivity contribution in [1.82, 2.24) is 4.98 Å². The van der Waals surface area contributed by atoms with Crippen molar-refractivity contribution in [2.24, 2.45) is 0 Å². The van der Waals surface area contributed by atoms with Gasteiger partial charge in [-0.05, 0) is 42.8 Å². The van der Waals surface area contributed by atoms with E-state index in [2.05, 4.69) is 4.98 Å². The topological polar surface area (TPSA) is 61.3 Å². The predicted molar refractivity (Wildman–Crippen MR) is 75.1 cm³/mol. The molecule has 3 aromatic rings. The van der Waals surface area contributed by atoms with E-state index in [4.69, 9.17) is 14.9 Å². The first-order chi connectivity index (χ1) is 9.17. The largest absolute Gasteiger partial charge is 0.497 e. The molecule has 1 heterocycles. The lowest BCUT2D eigenvalue weighted by atomic mass is 10.1. The highest BCUT2D eigenvalue weighted by molar-refractivity contribution is 5.78. The molecule has 0 aliphatic rings. The predicted octanol–water partition coefficient (Wildman–Crippen LogP) is 3.39. The highest BCUT2D eigenvalue weighted by atomic mass is 16.5. The summed E-state index contributed by atoms with van der Waals surface area (Å²) in [7, 11) is 1.63. The van der Waals surface area contributed by atoms with Crippen LogP contribution in [0, 0.1) is 6.92 Å². The second-order valence-corrected chi connectivity index (χ2v) is 4.42. The van der Waals surface area contributed by atoms with Crippen LogP contribution in [-0.4, -0.2) is 12.1 Å². The maximum atomic E-state index is 5.81. The maximum Gasteiger partial charge on any atom is 0.227 e. The van der Waals surface area contributed by atoms with Crippen LogP contribution < -0.4 is 10.5 Å². The lowest BCUT2D eigenvalue weighted by Crippen LogP contribution is -1.89. The highest BCUT2D eigenvalue weighted by Gasteiger charge is 2.09. The van der Waals surface area contributed by atoms with Crippen molar-refractivity contribution in [2.45, 2.75) is 6.92 Å². The number of aromatic nitrogens is 1. The molecule has 0 unspecified atom stereocenters. The molecule has 19 heavy (non-hydrogen) atoms. The van der Waals surface area contributed by atoms with Gasteiger partial charge in [0.25, 0.3) is 0 Å². The van der Waals surface area contributed by atoms with Gasteiger partial charge in [-0.3, -0.25) is 0 Å². The van der Waals surface area contributed by atoms with Gasteiger partial charge < -0.3 is 14.9 Å². The Balaban J connectivity index is 2.11. The van der Waals surface area contributed by atoms with Crippen molar-refractivity contribution in [3.8, 4) is 17.2 Å². The van der Waals surface area contributed by atoms with Crippen LogP contribution in [0.3, 0.4) is 0 Å². The number of rotatable bonds is 2. The summed E-state index contributed by atoms with van der Waals surface area (Å²) >= 11 is 0. The van der Waals surface area contributed by atoms with E-state index in [1.54, 1.807) is 7.11 Å². The third-order valence-electron chi connectivity index (χ3n) is 3.11. The van der Waals surface area contributed by atoms with E-state index >= 15 is 0 Å². The summed E-state index contributed by atoms with van der Waals surface area (Å²) in [6.45, 7) is 1.96. The Morgan fingerprint density at radius 3 is 2.74 bits per heavy atom. The van der Waals surface area contributed by atoms with Crippen molar-refractivity contribution in [3.05, 3.63) is 42.0 Å². The van der Waals surface area contributed by atoms with Crippen molar-refractivity contribution in [3.63, 3.8) is 0 Å². The first-order valence-corrected chi connectivity index (χ1v) is 5.98. The number of benzene rings is 2. The molecule has 96 valence electrons. The van der Waals surface area contributed by atoms with Crippen LogP contribution in [0.5, 0.6) is 5.75 Å². The number of nitrogens with zero attached hydrogens (tertiary/aromatic N) is 1. The van der Waals surface area contributed by atoms with E-state index < -0.39 is 0 Å². The first kappa shape index (κ1) is 11.6. The van der Waals surface area contributed by atoms with Crippen molar-refractivity contribution < 1.29 is 9.15 Å².